The van der Waals surface area contributed by atoms with Gasteiger partial charge in [0.05, 0.1) is 5.02 Å². The van der Waals surface area contributed by atoms with Gasteiger partial charge >= 0.3 is 0 Å². The number of carbonyl (C=O) groups excluding carboxylic acids is 1. The van der Waals surface area contributed by atoms with Gasteiger partial charge in [-0.1, -0.05) is 43.0 Å². The van der Waals surface area contributed by atoms with E-state index in [1.165, 1.54) is 19.3 Å². The Labute approximate surface area is 129 Å². The van der Waals surface area contributed by atoms with Crippen LogP contribution < -0.4 is 0 Å². The van der Waals surface area contributed by atoms with Crippen molar-refractivity contribution in [2.75, 3.05) is 13.1 Å². The van der Waals surface area contributed by atoms with Crippen LogP contribution in [0.25, 0.3) is 11.0 Å². The predicted molar refractivity (Wildman–Crippen MR) is 84.9 cm³/mol. The van der Waals surface area contributed by atoms with Gasteiger partial charge in [0.15, 0.2) is 11.3 Å². The van der Waals surface area contributed by atoms with E-state index in [1.54, 1.807) is 6.07 Å². The molecule has 0 unspecified atom stereocenters. The molecule has 4 heteroatoms. The fourth-order valence-corrected chi connectivity index (χ4v) is 3.22. The van der Waals surface area contributed by atoms with E-state index in [2.05, 4.69) is 0 Å². The molecule has 1 amide bonds. The molecule has 1 aromatic heterocycles. The van der Waals surface area contributed by atoms with Crippen molar-refractivity contribution >= 4 is 28.5 Å². The van der Waals surface area contributed by atoms with E-state index in [4.69, 9.17) is 16.0 Å². The van der Waals surface area contributed by atoms with Crippen molar-refractivity contribution in [3.8, 4) is 0 Å². The molecule has 1 saturated heterocycles. The molecule has 1 aliphatic heterocycles. The second-order valence-corrected chi connectivity index (χ2v) is 6.14. The molecule has 0 saturated carbocycles. The van der Waals surface area contributed by atoms with E-state index >= 15 is 0 Å². The highest BCUT2D eigenvalue weighted by molar-refractivity contribution is 6.35. The van der Waals surface area contributed by atoms with Gasteiger partial charge in [-0.3, -0.25) is 4.79 Å². The first-order chi connectivity index (χ1) is 10.2. The van der Waals surface area contributed by atoms with Gasteiger partial charge in [0, 0.05) is 24.0 Å². The lowest BCUT2D eigenvalue weighted by atomic mass is 10.1. The van der Waals surface area contributed by atoms with Crippen molar-refractivity contribution in [2.45, 2.75) is 39.0 Å². The third kappa shape index (κ3) is 2.80. The van der Waals surface area contributed by atoms with E-state index in [1.807, 2.05) is 24.0 Å². The van der Waals surface area contributed by atoms with Gasteiger partial charge in [0.2, 0.25) is 0 Å². The van der Waals surface area contributed by atoms with Crippen LogP contribution in [-0.4, -0.2) is 23.9 Å². The quantitative estimate of drug-likeness (QED) is 0.758. The summed E-state index contributed by atoms with van der Waals surface area (Å²) < 4.78 is 5.79. The number of benzene rings is 1. The summed E-state index contributed by atoms with van der Waals surface area (Å²) in [6.45, 7) is 3.57. The number of amides is 1. The molecular formula is C17H20ClNO2. The summed E-state index contributed by atoms with van der Waals surface area (Å²) in [5, 5.41) is 1.49. The highest BCUT2D eigenvalue weighted by Crippen LogP contribution is 2.31. The molecule has 0 radical (unpaired) electrons. The molecule has 112 valence electrons. The Balaban J connectivity index is 1.93. The first-order valence-corrected chi connectivity index (χ1v) is 8.03. The van der Waals surface area contributed by atoms with Crippen molar-refractivity contribution in [2.24, 2.45) is 0 Å². The number of furan rings is 1. The van der Waals surface area contributed by atoms with Crippen LogP contribution in [0.3, 0.4) is 0 Å². The monoisotopic (exact) mass is 305 g/mol. The number of aryl methyl sites for hydroxylation is 1. The maximum atomic E-state index is 12.8. The lowest BCUT2D eigenvalue weighted by molar-refractivity contribution is 0.0712. The molecule has 2 heterocycles. The number of likely N-dealkylation sites (tertiary alicyclic amines) is 1. The number of halogens is 1. The number of rotatable bonds is 1. The second-order valence-electron chi connectivity index (χ2n) is 5.73. The Kier molecular flexibility index (Phi) is 4.20. The standard InChI is InChI=1S/C17H20ClNO2/c1-12-13-8-7-9-14(18)16(13)21-15(12)17(20)19-10-5-3-2-4-6-11-19/h7-9H,2-6,10-11H2,1H3. The SMILES string of the molecule is Cc1c(C(=O)N2CCCCCCC2)oc2c(Cl)cccc12. The average molecular weight is 306 g/mol. The molecule has 1 aromatic carbocycles. The summed E-state index contributed by atoms with van der Waals surface area (Å²) in [4.78, 5) is 14.7. The van der Waals surface area contributed by atoms with Gasteiger partial charge in [-0.05, 0) is 25.8 Å². The van der Waals surface area contributed by atoms with Crippen molar-refractivity contribution < 1.29 is 9.21 Å². The summed E-state index contributed by atoms with van der Waals surface area (Å²) in [5.41, 5.74) is 1.51. The van der Waals surface area contributed by atoms with Gasteiger partial charge in [-0.2, -0.15) is 0 Å². The van der Waals surface area contributed by atoms with Crippen LogP contribution in [-0.2, 0) is 0 Å². The number of nitrogens with zero attached hydrogens (tertiary/aromatic N) is 1. The normalized spacial score (nSPS) is 16.8. The molecular weight excluding hydrogens is 286 g/mol. The maximum Gasteiger partial charge on any atom is 0.289 e. The predicted octanol–water partition coefficient (Wildman–Crippen LogP) is 4.80. The molecule has 3 rings (SSSR count). The van der Waals surface area contributed by atoms with Crippen LogP contribution in [0, 0.1) is 6.92 Å². The molecule has 2 aromatic rings. The Morgan fingerprint density at radius 2 is 1.81 bits per heavy atom. The molecule has 0 N–H and O–H groups in total. The number of hydrogen-bond acceptors (Lipinski definition) is 2. The summed E-state index contributed by atoms with van der Waals surface area (Å²) in [6, 6.07) is 5.62. The van der Waals surface area contributed by atoms with Gasteiger partial charge in [0.25, 0.3) is 5.91 Å². The van der Waals surface area contributed by atoms with Crippen LogP contribution in [0.2, 0.25) is 5.02 Å². The fourth-order valence-electron chi connectivity index (χ4n) is 3.01. The average Bonchev–Trinajstić information content (AvgIpc) is 2.77. The van der Waals surface area contributed by atoms with Crippen LogP contribution in [0.4, 0.5) is 0 Å². The van der Waals surface area contributed by atoms with E-state index in [-0.39, 0.29) is 5.91 Å². The van der Waals surface area contributed by atoms with Crippen molar-refractivity contribution in [1.29, 1.82) is 0 Å². The van der Waals surface area contributed by atoms with Gasteiger partial charge in [-0.15, -0.1) is 0 Å². The molecule has 0 bridgehead atoms. The smallest absolute Gasteiger partial charge is 0.289 e. The van der Waals surface area contributed by atoms with Crippen molar-refractivity contribution in [1.82, 2.24) is 4.90 Å². The van der Waals surface area contributed by atoms with E-state index in [0.717, 1.165) is 36.9 Å². The Bertz CT molecular complexity index is 654. The van der Waals surface area contributed by atoms with E-state index in [0.29, 0.717) is 16.4 Å². The van der Waals surface area contributed by atoms with Crippen LogP contribution in [0.5, 0.6) is 0 Å². The highest BCUT2D eigenvalue weighted by Gasteiger charge is 2.24. The second kappa shape index (κ2) is 6.10. The summed E-state index contributed by atoms with van der Waals surface area (Å²) >= 11 is 6.16. The third-order valence-corrected chi connectivity index (χ3v) is 4.55. The summed E-state index contributed by atoms with van der Waals surface area (Å²) in [5.74, 6) is 0.445. The Morgan fingerprint density at radius 1 is 1.14 bits per heavy atom. The maximum absolute atomic E-state index is 12.8. The molecule has 3 nitrogen and oxygen atoms in total. The van der Waals surface area contributed by atoms with Crippen molar-refractivity contribution in [3.63, 3.8) is 0 Å². The first kappa shape index (κ1) is 14.5. The fraction of sp³-hybridized carbons (Fsp3) is 0.471. The first-order valence-electron chi connectivity index (χ1n) is 7.65. The minimum absolute atomic E-state index is 0.00154. The van der Waals surface area contributed by atoms with E-state index < -0.39 is 0 Å². The number of fused-ring (bicyclic) bond motifs is 1. The lowest BCUT2D eigenvalue weighted by Gasteiger charge is -2.24. The zero-order chi connectivity index (χ0) is 14.8. The molecule has 0 atom stereocenters. The van der Waals surface area contributed by atoms with Crippen molar-refractivity contribution in [3.05, 3.63) is 34.5 Å². The zero-order valence-corrected chi connectivity index (χ0v) is 13.1. The number of para-hydroxylation sites is 1. The minimum atomic E-state index is 0.00154. The molecule has 0 spiro atoms. The van der Waals surface area contributed by atoms with Crippen LogP contribution in [0.15, 0.2) is 22.6 Å². The summed E-state index contributed by atoms with van der Waals surface area (Å²) in [7, 11) is 0. The molecule has 0 aliphatic carbocycles. The van der Waals surface area contributed by atoms with Crippen LogP contribution >= 0.6 is 11.6 Å². The summed E-state index contributed by atoms with van der Waals surface area (Å²) in [6.07, 6.45) is 5.84. The number of carbonyl (C=O) groups is 1. The topological polar surface area (TPSA) is 33.5 Å². The van der Waals surface area contributed by atoms with Gasteiger partial charge in [0.1, 0.15) is 0 Å². The third-order valence-electron chi connectivity index (χ3n) is 4.25. The minimum Gasteiger partial charge on any atom is -0.449 e. The lowest BCUT2D eigenvalue weighted by Crippen LogP contribution is -2.33. The highest BCUT2D eigenvalue weighted by atomic mass is 35.5. The van der Waals surface area contributed by atoms with Gasteiger partial charge in [-0.25, -0.2) is 0 Å². The zero-order valence-electron chi connectivity index (χ0n) is 12.3. The molecule has 1 fully saturated rings. The van der Waals surface area contributed by atoms with E-state index in [9.17, 15) is 4.79 Å². The Hall–Kier alpha value is -1.48. The molecule has 21 heavy (non-hydrogen) atoms. The number of hydrogen-bond donors (Lipinski definition) is 0. The largest absolute Gasteiger partial charge is 0.449 e. The van der Waals surface area contributed by atoms with Crippen LogP contribution in [0.1, 0.15) is 48.2 Å². The Morgan fingerprint density at radius 3 is 2.48 bits per heavy atom. The molecule has 1 aliphatic rings. The van der Waals surface area contributed by atoms with Gasteiger partial charge < -0.3 is 9.32 Å².